The Balaban J connectivity index is 2.17. The van der Waals surface area contributed by atoms with Gasteiger partial charge in [0.15, 0.2) is 11.5 Å². The molecule has 0 aliphatic heterocycles. The number of sulfonamides is 1. The number of hydrogen-bond acceptors (Lipinski definition) is 5. The maximum Gasteiger partial charge on any atom is 0.276 e. The summed E-state index contributed by atoms with van der Waals surface area (Å²) in [4.78, 5) is 2.09. The van der Waals surface area contributed by atoms with Gasteiger partial charge in [-0.25, -0.2) is 4.83 Å². The molecular formula is C14H13ClN2O4S. The molecule has 2 aromatic rings. The second-order valence-electron chi connectivity index (χ2n) is 4.20. The summed E-state index contributed by atoms with van der Waals surface area (Å²) in [6.45, 7) is 0. The third kappa shape index (κ3) is 3.69. The lowest BCUT2D eigenvalue weighted by Crippen LogP contribution is -2.18. The van der Waals surface area contributed by atoms with E-state index >= 15 is 0 Å². The quantitative estimate of drug-likeness (QED) is 0.646. The molecule has 0 saturated heterocycles. The predicted octanol–water partition coefficient (Wildman–Crippen LogP) is 2.37. The Kier molecular flexibility index (Phi) is 4.89. The van der Waals surface area contributed by atoms with Crippen LogP contribution in [0, 0.1) is 0 Å². The van der Waals surface area contributed by atoms with E-state index in [1.54, 1.807) is 18.2 Å². The van der Waals surface area contributed by atoms with Crippen molar-refractivity contribution in [3.8, 4) is 11.5 Å². The van der Waals surface area contributed by atoms with Crippen LogP contribution in [0.25, 0.3) is 0 Å². The molecule has 0 spiro atoms. The van der Waals surface area contributed by atoms with Crippen LogP contribution < -0.4 is 9.57 Å². The number of nitrogens with one attached hydrogen (secondary N) is 1. The largest absolute Gasteiger partial charge is 0.504 e. The molecule has 0 aliphatic carbocycles. The highest BCUT2D eigenvalue weighted by atomic mass is 35.5. The van der Waals surface area contributed by atoms with E-state index in [2.05, 4.69) is 9.93 Å². The van der Waals surface area contributed by atoms with Crippen molar-refractivity contribution < 1.29 is 18.3 Å². The second kappa shape index (κ2) is 6.67. The fraction of sp³-hybridized carbons (Fsp3) is 0.0714. The number of para-hydroxylation sites is 1. The van der Waals surface area contributed by atoms with E-state index < -0.39 is 10.0 Å². The molecule has 2 N–H and O–H groups in total. The van der Waals surface area contributed by atoms with E-state index in [1.807, 2.05) is 0 Å². The van der Waals surface area contributed by atoms with Crippen LogP contribution in [-0.4, -0.2) is 26.8 Å². The van der Waals surface area contributed by atoms with Gasteiger partial charge < -0.3 is 9.84 Å². The molecule has 0 unspecified atom stereocenters. The fourth-order valence-electron chi connectivity index (χ4n) is 1.64. The first-order valence-electron chi connectivity index (χ1n) is 6.10. The average Bonchev–Trinajstić information content (AvgIpc) is 2.49. The average molecular weight is 341 g/mol. The molecule has 0 radical (unpaired) electrons. The highest BCUT2D eigenvalue weighted by molar-refractivity contribution is 7.89. The van der Waals surface area contributed by atoms with Crippen molar-refractivity contribution in [2.45, 2.75) is 4.90 Å². The maximum absolute atomic E-state index is 12.0. The summed E-state index contributed by atoms with van der Waals surface area (Å²) in [5.41, 5.74) is 0.318. The van der Waals surface area contributed by atoms with Crippen LogP contribution in [0.15, 0.2) is 52.5 Å². The van der Waals surface area contributed by atoms with Crippen molar-refractivity contribution in [1.29, 1.82) is 0 Å². The lowest BCUT2D eigenvalue weighted by molar-refractivity contribution is 0.373. The third-order valence-electron chi connectivity index (χ3n) is 2.75. The standard InChI is InChI=1S/C14H13ClN2O4S/c1-21-13-4-2-3-10(14(13)18)9-16-17-22(19,20)12-7-5-11(15)6-8-12/h2-9,17-18H,1H3. The Morgan fingerprint density at radius 1 is 1.23 bits per heavy atom. The van der Waals surface area contributed by atoms with E-state index in [0.29, 0.717) is 10.6 Å². The summed E-state index contributed by atoms with van der Waals surface area (Å²) < 4.78 is 28.9. The molecule has 6 nitrogen and oxygen atoms in total. The van der Waals surface area contributed by atoms with Crippen molar-refractivity contribution in [1.82, 2.24) is 4.83 Å². The van der Waals surface area contributed by atoms with E-state index in [-0.39, 0.29) is 16.4 Å². The van der Waals surface area contributed by atoms with Crippen LogP contribution in [0.3, 0.4) is 0 Å². The highest BCUT2D eigenvalue weighted by Gasteiger charge is 2.12. The number of phenolic OH excluding ortho intramolecular Hbond substituents is 1. The summed E-state index contributed by atoms with van der Waals surface area (Å²) in [6, 6.07) is 10.4. The molecular weight excluding hydrogens is 328 g/mol. The molecule has 0 saturated carbocycles. The summed E-state index contributed by atoms with van der Waals surface area (Å²) in [6.07, 6.45) is 1.19. The summed E-state index contributed by atoms with van der Waals surface area (Å²) in [5, 5.41) is 13.9. The monoisotopic (exact) mass is 340 g/mol. The van der Waals surface area contributed by atoms with Gasteiger partial charge in [0.1, 0.15) is 0 Å². The van der Waals surface area contributed by atoms with Crippen LogP contribution in [0.2, 0.25) is 5.02 Å². The number of hydrazone groups is 1. The highest BCUT2D eigenvalue weighted by Crippen LogP contribution is 2.27. The summed E-state index contributed by atoms with van der Waals surface area (Å²) in [7, 11) is -2.38. The number of halogens is 1. The molecule has 0 heterocycles. The van der Waals surface area contributed by atoms with E-state index in [4.69, 9.17) is 16.3 Å². The van der Waals surface area contributed by atoms with E-state index in [9.17, 15) is 13.5 Å². The van der Waals surface area contributed by atoms with Crippen molar-refractivity contribution in [2.24, 2.45) is 5.10 Å². The number of hydrogen-bond donors (Lipinski definition) is 2. The number of ether oxygens (including phenoxy) is 1. The summed E-state index contributed by atoms with van der Waals surface area (Å²) >= 11 is 5.71. The molecule has 2 aromatic carbocycles. The van der Waals surface area contributed by atoms with Gasteiger partial charge >= 0.3 is 0 Å². The molecule has 0 amide bonds. The number of methoxy groups -OCH3 is 1. The first-order valence-corrected chi connectivity index (χ1v) is 7.96. The Labute approximate surface area is 133 Å². The van der Waals surface area contributed by atoms with Crippen molar-refractivity contribution >= 4 is 27.8 Å². The van der Waals surface area contributed by atoms with Gasteiger partial charge in [-0.15, -0.1) is 0 Å². The predicted molar refractivity (Wildman–Crippen MR) is 84.0 cm³/mol. The number of rotatable bonds is 5. The molecule has 0 fully saturated rings. The van der Waals surface area contributed by atoms with Gasteiger partial charge in [0.2, 0.25) is 0 Å². The van der Waals surface area contributed by atoms with Crippen LogP contribution in [-0.2, 0) is 10.0 Å². The Morgan fingerprint density at radius 3 is 2.55 bits per heavy atom. The first kappa shape index (κ1) is 16.1. The lowest BCUT2D eigenvalue weighted by atomic mass is 10.2. The second-order valence-corrected chi connectivity index (χ2v) is 6.30. The topological polar surface area (TPSA) is 88.0 Å². The molecule has 2 rings (SSSR count). The molecule has 116 valence electrons. The minimum Gasteiger partial charge on any atom is -0.504 e. The van der Waals surface area contributed by atoms with Gasteiger partial charge in [-0.1, -0.05) is 17.7 Å². The van der Waals surface area contributed by atoms with Crippen molar-refractivity contribution in [3.05, 3.63) is 53.1 Å². The normalized spacial score (nSPS) is 11.5. The van der Waals surface area contributed by atoms with Crippen molar-refractivity contribution in [2.75, 3.05) is 7.11 Å². The van der Waals surface area contributed by atoms with Crippen LogP contribution in [0.5, 0.6) is 11.5 Å². The van der Waals surface area contributed by atoms with E-state index in [1.165, 1.54) is 37.6 Å². The maximum atomic E-state index is 12.0. The van der Waals surface area contributed by atoms with Gasteiger partial charge in [0.25, 0.3) is 10.0 Å². The molecule has 8 heteroatoms. The third-order valence-corrected chi connectivity index (χ3v) is 4.24. The van der Waals surface area contributed by atoms with Gasteiger partial charge in [-0.3, -0.25) is 0 Å². The zero-order valence-corrected chi connectivity index (χ0v) is 13.1. The summed E-state index contributed by atoms with van der Waals surface area (Å²) in [5.74, 6) is 0.143. The lowest BCUT2D eigenvalue weighted by Gasteiger charge is -2.05. The zero-order chi connectivity index (χ0) is 16.2. The molecule has 0 aliphatic rings. The number of nitrogens with zero attached hydrogens (tertiary/aromatic N) is 1. The zero-order valence-electron chi connectivity index (χ0n) is 11.5. The van der Waals surface area contributed by atoms with Gasteiger partial charge in [-0.2, -0.15) is 13.5 Å². The fourth-order valence-corrected chi connectivity index (χ4v) is 2.56. The smallest absolute Gasteiger partial charge is 0.276 e. The molecule has 22 heavy (non-hydrogen) atoms. The van der Waals surface area contributed by atoms with E-state index in [0.717, 1.165) is 0 Å². The number of benzene rings is 2. The Bertz CT molecular complexity index is 789. The van der Waals surface area contributed by atoms with Gasteiger partial charge in [0.05, 0.1) is 18.2 Å². The molecule has 0 atom stereocenters. The van der Waals surface area contributed by atoms with Gasteiger partial charge in [0, 0.05) is 10.6 Å². The number of aromatic hydroxyl groups is 1. The minimum absolute atomic E-state index is 0.0314. The van der Waals surface area contributed by atoms with Crippen LogP contribution >= 0.6 is 11.6 Å². The molecule has 0 aromatic heterocycles. The Hall–Kier alpha value is -2.25. The number of phenols is 1. The van der Waals surface area contributed by atoms with Crippen LogP contribution in [0.4, 0.5) is 0 Å². The molecule has 0 bridgehead atoms. The SMILES string of the molecule is COc1cccc(C=NNS(=O)(=O)c2ccc(Cl)cc2)c1O. The Morgan fingerprint density at radius 2 is 1.91 bits per heavy atom. The minimum atomic E-state index is -3.80. The van der Waals surface area contributed by atoms with Crippen LogP contribution in [0.1, 0.15) is 5.56 Å². The van der Waals surface area contributed by atoms with Crippen molar-refractivity contribution in [3.63, 3.8) is 0 Å². The first-order chi connectivity index (χ1) is 10.4. The van der Waals surface area contributed by atoms with Gasteiger partial charge in [-0.05, 0) is 36.4 Å².